The molecular formula is C54H52N4O13S. The largest absolute Gasteiger partial charge is 0.514 e. The van der Waals surface area contributed by atoms with E-state index >= 15 is 4.79 Å². The smallest absolute Gasteiger partial charge is 0.507 e. The predicted molar refractivity (Wildman–Crippen MR) is 260 cm³/mol. The molecule has 5 aromatic carbocycles. The molecule has 17 nitrogen and oxygen atoms in total. The second-order valence-corrected chi connectivity index (χ2v) is 19.9. The maximum atomic E-state index is 15.2. The zero-order valence-electron chi connectivity index (χ0n) is 40.2. The molecule has 0 radical (unpaired) electrons. The van der Waals surface area contributed by atoms with Crippen molar-refractivity contribution in [2.45, 2.75) is 80.9 Å². The van der Waals surface area contributed by atoms with E-state index in [0.29, 0.717) is 64.5 Å². The molecule has 0 aromatic heterocycles. The summed E-state index contributed by atoms with van der Waals surface area (Å²) in [4.78, 5) is 46.4. The first-order valence-electron chi connectivity index (χ1n) is 23.7. The van der Waals surface area contributed by atoms with Crippen LogP contribution in [0.3, 0.4) is 0 Å². The molecular weight excluding hydrogens is 945 g/mol. The summed E-state index contributed by atoms with van der Waals surface area (Å²) in [6.45, 7) is 3.66. The highest BCUT2D eigenvalue weighted by molar-refractivity contribution is 7.99. The lowest BCUT2D eigenvalue weighted by Crippen LogP contribution is -2.69. The van der Waals surface area contributed by atoms with Crippen LogP contribution in [0.5, 0.6) is 40.2 Å². The summed E-state index contributed by atoms with van der Waals surface area (Å²) < 4.78 is 53.8. The number of phenols is 1. The van der Waals surface area contributed by atoms with Gasteiger partial charge in [-0.05, 0) is 79.3 Å². The lowest BCUT2D eigenvalue weighted by atomic mass is 9.71. The molecule has 1 spiro atoms. The number of hydrogen-bond acceptors (Lipinski definition) is 18. The molecule has 7 atom stereocenters. The maximum Gasteiger partial charge on any atom is 0.514 e. The number of carbonyl (C=O) groups is 3. The molecule has 72 heavy (non-hydrogen) atoms. The Morgan fingerprint density at radius 1 is 0.861 bits per heavy atom. The fourth-order valence-corrected chi connectivity index (χ4v) is 13.4. The lowest BCUT2D eigenvalue weighted by Gasteiger charge is -2.62. The molecule has 4 bridgehead atoms. The molecule has 2 saturated heterocycles. The number of methoxy groups -OCH3 is 2. The molecule has 12 rings (SSSR count). The van der Waals surface area contributed by atoms with E-state index < -0.39 is 53.2 Å². The first-order valence-corrected chi connectivity index (χ1v) is 24.8. The van der Waals surface area contributed by atoms with E-state index in [-0.39, 0.29) is 61.4 Å². The van der Waals surface area contributed by atoms with Crippen molar-refractivity contribution >= 4 is 30.0 Å². The van der Waals surface area contributed by atoms with E-state index in [1.54, 1.807) is 19.1 Å². The van der Waals surface area contributed by atoms with Gasteiger partial charge in [0, 0.05) is 46.6 Å². The number of nitrogens with one attached hydrogen (secondary N) is 1. The number of fused-ring (bicyclic) bond motifs is 9. The van der Waals surface area contributed by atoms with E-state index in [2.05, 4.69) is 21.2 Å². The Bertz CT molecular complexity index is 3040. The van der Waals surface area contributed by atoms with Gasteiger partial charge < -0.3 is 47.7 Å². The van der Waals surface area contributed by atoms with Gasteiger partial charge >= 0.3 is 18.3 Å². The van der Waals surface area contributed by atoms with Crippen molar-refractivity contribution in [2.24, 2.45) is 0 Å². The Kier molecular flexibility index (Phi) is 12.3. The monoisotopic (exact) mass is 996 g/mol. The Balaban J connectivity index is 1.03. The SMILES string of the molecule is COc1cc2c(cc1OC(=O)OCc1ccccc1)CCN[C@]21CS[C@@H]2c3c(O)c(C)c4c(c3[C@H](COC1=O)N1C2[C@H]2c3c(cc(C)c(OC)c3OC(=O)OCc3ccccc3)C[C@@H]([C@@H]1C#N)N2C)OCO4. The van der Waals surface area contributed by atoms with Crippen molar-refractivity contribution in [1.29, 1.82) is 5.26 Å². The fraction of sp³-hybridized carbons (Fsp3) is 0.370. The van der Waals surface area contributed by atoms with Gasteiger partial charge in [-0.2, -0.15) is 5.26 Å². The number of nitriles is 1. The number of nitrogens with zero attached hydrogens (tertiary/aromatic N) is 3. The van der Waals surface area contributed by atoms with Gasteiger partial charge in [-0.15, -0.1) is 11.8 Å². The molecule has 1 unspecified atom stereocenters. The van der Waals surface area contributed by atoms with E-state index in [0.717, 1.165) is 27.8 Å². The number of ether oxygens (including phenoxy) is 9. The summed E-state index contributed by atoms with van der Waals surface area (Å²) in [6, 6.07) is 23.4. The second kappa shape index (κ2) is 18.8. The van der Waals surface area contributed by atoms with Gasteiger partial charge in [0.15, 0.2) is 40.0 Å². The van der Waals surface area contributed by atoms with Gasteiger partial charge in [0.2, 0.25) is 6.79 Å². The second-order valence-electron chi connectivity index (χ2n) is 18.7. The van der Waals surface area contributed by atoms with Crippen LogP contribution in [0, 0.1) is 25.2 Å². The highest BCUT2D eigenvalue weighted by atomic mass is 32.2. The Morgan fingerprint density at radius 3 is 2.24 bits per heavy atom. The number of esters is 1. The van der Waals surface area contributed by atoms with Crippen LogP contribution in [-0.2, 0) is 50.6 Å². The zero-order chi connectivity index (χ0) is 50.0. The average molecular weight is 997 g/mol. The molecule has 5 aromatic rings. The van der Waals surface area contributed by atoms with Crippen LogP contribution in [-0.4, -0.2) is 98.3 Å². The van der Waals surface area contributed by atoms with Crippen LogP contribution in [0.4, 0.5) is 9.59 Å². The number of aromatic hydroxyl groups is 1. The van der Waals surface area contributed by atoms with Gasteiger partial charge in [-0.3, -0.25) is 15.1 Å². The number of phenolic OH excluding ortho intramolecular Hbond substituents is 1. The number of hydrogen-bond donors (Lipinski definition) is 2. The summed E-state index contributed by atoms with van der Waals surface area (Å²) in [7, 11) is 4.94. The van der Waals surface area contributed by atoms with Crippen molar-refractivity contribution < 1.29 is 62.1 Å². The van der Waals surface area contributed by atoms with E-state index in [9.17, 15) is 20.0 Å². The first kappa shape index (κ1) is 47.2. The Hall–Kier alpha value is -7.17. The molecule has 2 N–H and O–H groups in total. The van der Waals surface area contributed by atoms with Crippen molar-refractivity contribution in [1.82, 2.24) is 15.1 Å². The van der Waals surface area contributed by atoms with Crippen molar-refractivity contribution in [3.63, 3.8) is 0 Å². The molecule has 0 amide bonds. The first-order chi connectivity index (χ1) is 35.0. The number of benzene rings is 5. The molecule has 2 fully saturated rings. The third-order valence-corrected chi connectivity index (χ3v) is 16.4. The summed E-state index contributed by atoms with van der Waals surface area (Å²) in [6.07, 6.45) is -0.972. The summed E-state index contributed by atoms with van der Waals surface area (Å²) in [5, 5.41) is 26.8. The van der Waals surface area contributed by atoms with Crippen LogP contribution in [0.15, 0.2) is 78.9 Å². The fourth-order valence-electron chi connectivity index (χ4n) is 11.7. The van der Waals surface area contributed by atoms with Gasteiger partial charge in [-0.25, -0.2) is 14.4 Å². The highest BCUT2D eigenvalue weighted by Gasteiger charge is 2.62. The van der Waals surface area contributed by atoms with Gasteiger partial charge in [0.1, 0.15) is 31.6 Å². The number of likely N-dealkylation sites (N-methyl/N-ethyl adjacent to an activating group) is 1. The molecule has 18 heteroatoms. The molecule has 7 aliphatic heterocycles. The minimum Gasteiger partial charge on any atom is -0.507 e. The minimum atomic E-state index is -1.49. The number of carbonyl (C=O) groups excluding carboxylic acids is 3. The molecule has 372 valence electrons. The van der Waals surface area contributed by atoms with Crippen LogP contribution < -0.4 is 33.7 Å². The van der Waals surface area contributed by atoms with Gasteiger partial charge in [0.05, 0.1) is 37.6 Å². The van der Waals surface area contributed by atoms with Crippen molar-refractivity contribution in [3.8, 4) is 46.3 Å². The number of rotatable bonds is 8. The topological polar surface area (TPSA) is 197 Å². The van der Waals surface area contributed by atoms with Crippen molar-refractivity contribution in [3.05, 3.63) is 134 Å². The lowest BCUT2D eigenvalue weighted by molar-refractivity contribution is -0.157. The Labute approximate surface area is 419 Å². The van der Waals surface area contributed by atoms with Crippen LogP contribution in [0.2, 0.25) is 0 Å². The zero-order valence-corrected chi connectivity index (χ0v) is 41.0. The molecule has 0 saturated carbocycles. The quantitative estimate of drug-likeness (QED) is 0.0867. The predicted octanol–water partition coefficient (Wildman–Crippen LogP) is 7.79. The maximum absolute atomic E-state index is 15.2. The number of thioether (sulfide) groups is 1. The summed E-state index contributed by atoms with van der Waals surface area (Å²) in [5.41, 5.74) is 5.27. The molecule has 7 aliphatic rings. The number of piperazine rings is 1. The van der Waals surface area contributed by atoms with Gasteiger partial charge in [0.25, 0.3) is 0 Å². The number of aryl methyl sites for hydroxylation is 1. The summed E-state index contributed by atoms with van der Waals surface area (Å²) in [5.74, 6) is 1.15. The van der Waals surface area contributed by atoms with Gasteiger partial charge in [-0.1, -0.05) is 66.7 Å². The average Bonchev–Trinajstić information content (AvgIpc) is 3.88. The standard InChI is InChI=1S/C54H52N4O13S/c1-28-18-33-19-35-36(22-55)58-37-25-65-51(60)54(34-21-38(63-4)39(20-32(34)16-17-56-54)70-52(61)66-23-30-12-8-6-9-13-30)26-72-50(42-41(37)48-47(68-27-69-48)29(2)45(42)59)44(58)43(57(35)3)40(33)49(46(28)64-5)71-53(62)67-24-31-14-10-7-11-15-31/h6-15,18,20-21,35-37,43-44,50,56,59H,16-17,19,23-27H2,1-5H3/t35-,36-,37-,43+,44?,50+,54+/m0/s1. The normalized spacial score (nSPS) is 24.6. The molecule has 0 aliphatic carbocycles. The minimum absolute atomic E-state index is 0.00455. The van der Waals surface area contributed by atoms with E-state index in [1.807, 2.05) is 80.7 Å². The van der Waals surface area contributed by atoms with Crippen LogP contribution in [0.1, 0.15) is 73.0 Å². The third kappa shape index (κ3) is 7.68. The Morgan fingerprint density at radius 2 is 1.56 bits per heavy atom. The van der Waals surface area contributed by atoms with E-state index in [4.69, 9.17) is 42.6 Å². The summed E-state index contributed by atoms with van der Waals surface area (Å²) >= 11 is 1.43. The van der Waals surface area contributed by atoms with Crippen molar-refractivity contribution in [2.75, 3.05) is 47.0 Å². The van der Waals surface area contributed by atoms with Crippen LogP contribution >= 0.6 is 11.8 Å². The van der Waals surface area contributed by atoms with E-state index in [1.165, 1.54) is 26.0 Å². The third-order valence-electron chi connectivity index (χ3n) is 15.0. The molecule has 7 heterocycles. The highest BCUT2D eigenvalue weighted by Crippen LogP contribution is 2.64. The van der Waals surface area contributed by atoms with Crippen LogP contribution in [0.25, 0.3) is 0 Å².